The van der Waals surface area contributed by atoms with Gasteiger partial charge >= 0.3 is 5.97 Å². The lowest BCUT2D eigenvalue weighted by Crippen LogP contribution is -2.38. The molecule has 19 heavy (non-hydrogen) atoms. The van der Waals surface area contributed by atoms with E-state index >= 15 is 0 Å². The third kappa shape index (κ3) is 10.7. The zero-order valence-electron chi connectivity index (χ0n) is 11.9. The van der Waals surface area contributed by atoms with Gasteiger partial charge in [-0.15, -0.1) is 0 Å². The van der Waals surface area contributed by atoms with Crippen molar-refractivity contribution in [1.82, 2.24) is 5.32 Å². The van der Waals surface area contributed by atoms with Crippen molar-refractivity contribution in [2.24, 2.45) is 0 Å². The number of aliphatic carboxylic acids is 1. The maximum Gasteiger partial charge on any atom is 0.320 e. The number of carboxylic acids is 1. The van der Waals surface area contributed by atoms with E-state index in [0.29, 0.717) is 19.4 Å². The molecule has 0 aromatic rings. The van der Waals surface area contributed by atoms with E-state index in [0.717, 1.165) is 12.8 Å². The van der Waals surface area contributed by atoms with Gasteiger partial charge in [0.1, 0.15) is 11.8 Å². The summed E-state index contributed by atoms with van der Waals surface area (Å²) in [7, 11) is 0. The summed E-state index contributed by atoms with van der Waals surface area (Å²) < 4.78 is 0. The lowest BCUT2D eigenvalue weighted by atomic mass is 10.1. The van der Waals surface area contributed by atoms with Gasteiger partial charge in [0.2, 0.25) is 0 Å². The third-order valence-corrected chi connectivity index (χ3v) is 3.07. The summed E-state index contributed by atoms with van der Waals surface area (Å²) in [6, 6.07) is -0.762. The number of hydrogen-bond acceptors (Lipinski definition) is 4. The van der Waals surface area contributed by atoms with Crippen LogP contribution in [-0.4, -0.2) is 41.2 Å². The number of aliphatic hydroxyl groups is 1. The Bertz CT molecular complexity index is 256. The summed E-state index contributed by atoms with van der Waals surface area (Å²) in [4.78, 5) is 22.3. The van der Waals surface area contributed by atoms with Gasteiger partial charge in [-0.1, -0.05) is 32.6 Å². The van der Waals surface area contributed by atoms with E-state index in [1.54, 1.807) is 0 Å². The van der Waals surface area contributed by atoms with E-state index in [-0.39, 0.29) is 18.8 Å². The molecule has 0 aromatic carbocycles. The minimum atomic E-state index is -0.985. The van der Waals surface area contributed by atoms with Crippen LogP contribution >= 0.6 is 0 Å². The summed E-state index contributed by atoms with van der Waals surface area (Å²) in [6.45, 7) is 2.35. The van der Waals surface area contributed by atoms with E-state index in [1.807, 2.05) is 0 Å². The zero-order valence-corrected chi connectivity index (χ0v) is 11.9. The molecule has 0 bridgehead atoms. The Balaban J connectivity index is 3.58. The number of nitrogens with one attached hydrogen (secondary N) is 1. The highest BCUT2D eigenvalue weighted by atomic mass is 16.4. The average molecular weight is 273 g/mol. The van der Waals surface area contributed by atoms with Crippen molar-refractivity contribution in [3.05, 3.63) is 0 Å². The average Bonchev–Trinajstić information content (AvgIpc) is 2.37. The van der Waals surface area contributed by atoms with E-state index < -0.39 is 12.0 Å². The number of carboxylic acid groups (broad SMARTS) is 1. The lowest BCUT2D eigenvalue weighted by Gasteiger charge is -2.12. The molecule has 0 spiro atoms. The van der Waals surface area contributed by atoms with Crippen LogP contribution in [0.2, 0.25) is 0 Å². The van der Waals surface area contributed by atoms with Crippen molar-refractivity contribution in [1.29, 1.82) is 0 Å². The number of ketones is 1. The van der Waals surface area contributed by atoms with E-state index in [1.165, 1.54) is 19.3 Å². The Morgan fingerprint density at radius 3 is 2.37 bits per heavy atom. The monoisotopic (exact) mass is 273 g/mol. The smallest absolute Gasteiger partial charge is 0.320 e. The van der Waals surface area contributed by atoms with Crippen molar-refractivity contribution in [2.45, 2.75) is 64.3 Å². The molecule has 5 heteroatoms. The molecular formula is C14H27NO4. The minimum Gasteiger partial charge on any atom is -0.480 e. The number of unbranched alkanes of at least 4 members (excludes halogenated alkanes) is 4. The van der Waals surface area contributed by atoms with Crippen molar-refractivity contribution in [2.75, 3.05) is 13.2 Å². The molecule has 0 saturated carbocycles. The molecule has 0 unspecified atom stereocenters. The molecule has 0 rings (SSSR count). The molecule has 0 aliphatic carbocycles. The molecule has 1 atom stereocenters. The van der Waals surface area contributed by atoms with Crippen LogP contribution in [0.3, 0.4) is 0 Å². The second kappa shape index (κ2) is 12.1. The van der Waals surface area contributed by atoms with Gasteiger partial charge in [-0.05, 0) is 12.8 Å². The predicted molar refractivity (Wildman–Crippen MR) is 74.1 cm³/mol. The highest BCUT2D eigenvalue weighted by Gasteiger charge is 2.15. The van der Waals surface area contributed by atoms with Crippen molar-refractivity contribution >= 4 is 11.8 Å². The number of aliphatic hydroxyl groups excluding tert-OH is 1. The maximum absolute atomic E-state index is 11.5. The molecular weight excluding hydrogens is 246 g/mol. The molecule has 0 saturated heterocycles. The Labute approximate surface area is 115 Å². The Kier molecular flexibility index (Phi) is 11.5. The fraction of sp³-hybridized carbons (Fsp3) is 0.857. The lowest BCUT2D eigenvalue weighted by molar-refractivity contribution is -0.140. The van der Waals surface area contributed by atoms with Gasteiger partial charge < -0.3 is 15.5 Å². The van der Waals surface area contributed by atoms with Crippen LogP contribution in [0.5, 0.6) is 0 Å². The molecule has 0 aliphatic rings. The van der Waals surface area contributed by atoms with Crippen LogP contribution in [0.15, 0.2) is 0 Å². The number of hydrogen-bond donors (Lipinski definition) is 3. The van der Waals surface area contributed by atoms with Crippen LogP contribution in [0, 0.1) is 0 Å². The van der Waals surface area contributed by atoms with Crippen molar-refractivity contribution in [3.63, 3.8) is 0 Å². The molecule has 0 amide bonds. The van der Waals surface area contributed by atoms with Gasteiger partial charge in [0.05, 0.1) is 0 Å². The van der Waals surface area contributed by atoms with Crippen LogP contribution in [0.1, 0.15) is 58.3 Å². The maximum atomic E-state index is 11.5. The summed E-state index contributed by atoms with van der Waals surface area (Å²) >= 11 is 0. The first-order chi connectivity index (χ1) is 9.11. The predicted octanol–water partition coefficient (Wildman–Crippen LogP) is 1.73. The van der Waals surface area contributed by atoms with Gasteiger partial charge in [0, 0.05) is 26.0 Å². The van der Waals surface area contributed by atoms with E-state index in [2.05, 4.69) is 12.2 Å². The van der Waals surface area contributed by atoms with Crippen molar-refractivity contribution < 1.29 is 19.8 Å². The van der Waals surface area contributed by atoms with E-state index in [9.17, 15) is 9.59 Å². The second-order valence-electron chi connectivity index (χ2n) is 4.81. The largest absolute Gasteiger partial charge is 0.480 e. The second-order valence-corrected chi connectivity index (χ2v) is 4.81. The fourth-order valence-electron chi connectivity index (χ4n) is 1.88. The van der Waals surface area contributed by atoms with E-state index in [4.69, 9.17) is 10.2 Å². The van der Waals surface area contributed by atoms with Gasteiger partial charge in [-0.3, -0.25) is 9.59 Å². The zero-order chi connectivity index (χ0) is 14.5. The summed E-state index contributed by atoms with van der Waals surface area (Å²) in [5, 5.41) is 20.3. The first-order valence-corrected chi connectivity index (χ1v) is 7.20. The molecule has 0 aromatic heterocycles. The number of rotatable bonds is 13. The number of Topliss-reactive ketones (excluding diaryl/α,β-unsaturated/α-hetero) is 1. The molecule has 112 valence electrons. The third-order valence-electron chi connectivity index (χ3n) is 3.07. The fourth-order valence-corrected chi connectivity index (χ4v) is 1.88. The minimum absolute atomic E-state index is 0.167. The van der Waals surface area contributed by atoms with Gasteiger partial charge in [0.15, 0.2) is 0 Å². The highest BCUT2D eigenvalue weighted by Crippen LogP contribution is 2.06. The SMILES string of the molecule is CCCCCCCC(=O)CCN[C@@H](CCO)C(=O)O. The topological polar surface area (TPSA) is 86.6 Å². The highest BCUT2D eigenvalue weighted by molar-refractivity contribution is 5.78. The van der Waals surface area contributed by atoms with Crippen LogP contribution in [0.25, 0.3) is 0 Å². The normalized spacial score (nSPS) is 12.3. The summed E-state index contributed by atoms with van der Waals surface area (Å²) in [5.41, 5.74) is 0. The van der Waals surface area contributed by atoms with Crippen LogP contribution < -0.4 is 5.32 Å². The summed E-state index contributed by atoms with van der Waals surface area (Å²) in [6.07, 6.45) is 6.73. The molecule has 3 N–H and O–H groups in total. The van der Waals surface area contributed by atoms with Crippen molar-refractivity contribution in [3.8, 4) is 0 Å². The molecule has 5 nitrogen and oxygen atoms in total. The standard InChI is InChI=1S/C14H27NO4/c1-2-3-4-5-6-7-12(17)8-10-15-13(9-11-16)14(18)19/h13,15-16H,2-11H2,1H3,(H,18,19)/t13-/m0/s1. The summed E-state index contributed by atoms with van der Waals surface area (Å²) in [5.74, 6) is -0.807. The quantitative estimate of drug-likeness (QED) is 0.445. The van der Waals surface area contributed by atoms with Crippen LogP contribution in [0.4, 0.5) is 0 Å². The molecule has 0 fully saturated rings. The van der Waals surface area contributed by atoms with Gasteiger partial charge in [-0.25, -0.2) is 0 Å². The first kappa shape index (κ1) is 18.1. The Hall–Kier alpha value is -0.940. The molecule has 0 heterocycles. The van der Waals surface area contributed by atoms with Crippen LogP contribution in [-0.2, 0) is 9.59 Å². The number of carbonyl (C=O) groups is 2. The Morgan fingerprint density at radius 2 is 1.79 bits per heavy atom. The molecule has 0 aliphatic heterocycles. The van der Waals surface area contributed by atoms with Gasteiger partial charge in [-0.2, -0.15) is 0 Å². The Morgan fingerprint density at radius 1 is 1.11 bits per heavy atom. The first-order valence-electron chi connectivity index (χ1n) is 7.20. The number of carbonyl (C=O) groups excluding carboxylic acids is 1. The van der Waals surface area contributed by atoms with Gasteiger partial charge in [0.25, 0.3) is 0 Å². The molecule has 0 radical (unpaired) electrons.